The van der Waals surface area contributed by atoms with Gasteiger partial charge < -0.3 is 19.5 Å². The molecule has 3 aromatic carbocycles. The van der Waals surface area contributed by atoms with E-state index in [9.17, 15) is 5.11 Å². The van der Waals surface area contributed by atoms with Crippen LogP contribution in [0.3, 0.4) is 0 Å². The summed E-state index contributed by atoms with van der Waals surface area (Å²) in [5.74, 6) is 3.20. The van der Waals surface area contributed by atoms with Gasteiger partial charge in [0.2, 0.25) is 0 Å². The molecule has 208 valence electrons. The molecular weight excluding hydrogens is 524 g/mol. The molecule has 2 heterocycles. The first-order valence-corrected chi connectivity index (χ1v) is 14.0. The van der Waals surface area contributed by atoms with Gasteiger partial charge in [-0.15, -0.1) is 0 Å². The van der Waals surface area contributed by atoms with Crippen molar-refractivity contribution in [3.63, 3.8) is 0 Å². The first kappa shape index (κ1) is 27.9. The molecule has 1 unspecified atom stereocenters. The molecule has 40 heavy (non-hydrogen) atoms. The fourth-order valence-electron chi connectivity index (χ4n) is 4.93. The molecule has 1 atom stereocenters. The Hall–Kier alpha value is -3.65. The van der Waals surface area contributed by atoms with Crippen molar-refractivity contribution in [2.24, 2.45) is 0 Å². The third-order valence-electron chi connectivity index (χ3n) is 7.16. The Labute approximate surface area is 241 Å². The zero-order chi connectivity index (χ0) is 27.9. The van der Waals surface area contributed by atoms with Crippen LogP contribution in [0.25, 0.3) is 11.4 Å². The number of piperazine rings is 1. The van der Waals surface area contributed by atoms with Crippen LogP contribution < -0.4 is 14.4 Å². The molecular formula is C32H35ClN4O3. The molecule has 5 rings (SSSR count). The lowest BCUT2D eigenvalue weighted by Gasteiger charge is -2.37. The molecule has 4 aromatic rings. The fraction of sp³-hybridized carbons (Fsp3) is 0.312. The number of β-amino-alcohol motifs (C(OH)–C–C–N with tert-alkyl or cyclic N) is 1. The van der Waals surface area contributed by atoms with Gasteiger partial charge in [0.25, 0.3) is 0 Å². The standard InChI is InChI=1S/C32H35ClN4O3/c1-23-30(20-24-8-10-26(33)11-9-24)32(35-31(34-23)25-6-4-3-5-7-25)37-18-16-36(17-19-37)21-27(38)22-40-29-14-12-28(39-2)13-15-29/h3-15,27,38H,16-22H2,1-2H3. The second kappa shape index (κ2) is 13.1. The number of aryl methyl sites for hydroxylation is 1. The number of nitrogens with zero attached hydrogens (tertiary/aromatic N) is 4. The van der Waals surface area contributed by atoms with E-state index < -0.39 is 6.10 Å². The van der Waals surface area contributed by atoms with Gasteiger partial charge in [-0.2, -0.15) is 0 Å². The predicted octanol–water partition coefficient (Wildman–Crippen LogP) is 5.27. The molecule has 1 saturated heterocycles. The van der Waals surface area contributed by atoms with E-state index in [1.165, 1.54) is 5.56 Å². The third kappa shape index (κ3) is 7.10. The minimum Gasteiger partial charge on any atom is -0.497 e. The summed E-state index contributed by atoms with van der Waals surface area (Å²) in [5, 5.41) is 11.4. The second-order valence-electron chi connectivity index (χ2n) is 10.0. The van der Waals surface area contributed by atoms with Crippen molar-refractivity contribution in [1.29, 1.82) is 0 Å². The highest BCUT2D eigenvalue weighted by Crippen LogP contribution is 2.29. The summed E-state index contributed by atoms with van der Waals surface area (Å²) in [4.78, 5) is 14.6. The van der Waals surface area contributed by atoms with Gasteiger partial charge >= 0.3 is 0 Å². The Morgan fingerprint density at radius 1 is 0.875 bits per heavy atom. The first-order valence-electron chi connectivity index (χ1n) is 13.6. The number of methoxy groups -OCH3 is 1. The van der Waals surface area contributed by atoms with Gasteiger partial charge in [-0.3, -0.25) is 4.90 Å². The Morgan fingerprint density at radius 2 is 1.55 bits per heavy atom. The predicted molar refractivity (Wildman–Crippen MR) is 160 cm³/mol. The molecule has 1 aliphatic heterocycles. The van der Waals surface area contributed by atoms with Gasteiger partial charge in [-0.05, 0) is 48.9 Å². The number of rotatable bonds is 10. The zero-order valence-electron chi connectivity index (χ0n) is 23.0. The first-order chi connectivity index (χ1) is 19.5. The van der Waals surface area contributed by atoms with Crippen molar-refractivity contribution >= 4 is 17.4 Å². The number of ether oxygens (including phenoxy) is 2. The highest BCUT2D eigenvalue weighted by Gasteiger charge is 2.24. The van der Waals surface area contributed by atoms with Crippen LogP contribution in [0.15, 0.2) is 78.9 Å². The molecule has 1 aromatic heterocycles. The maximum absolute atomic E-state index is 10.6. The molecule has 1 N–H and O–H groups in total. The molecule has 1 fully saturated rings. The summed E-state index contributed by atoms with van der Waals surface area (Å²) in [5.41, 5.74) is 4.28. The van der Waals surface area contributed by atoms with E-state index in [0.29, 0.717) is 12.3 Å². The third-order valence-corrected chi connectivity index (χ3v) is 7.41. The fourth-order valence-corrected chi connectivity index (χ4v) is 5.06. The van der Waals surface area contributed by atoms with Crippen LogP contribution in [0.2, 0.25) is 5.02 Å². The summed E-state index contributed by atoms with van der Waals surface area (Å²) in [6.45, 7) is 6.13. The van der Waals surface area contributed by atoms with Gasteiger partial charge in [0.05, 0.1) is 7.11 Å². The topological polar surface area (TPSA) is 71.0 Å². The Morgan fingerprint density at radius 3 is 2.23 bits per heavy atom. The molecule has 8 heteroatoms. The van der Waals surface area contributed by atoms with Crippen LogP contribution in [0.5, 0.6) is 11.5 Å². The van der Waals surface area contributed by atoms with Crippen molar-refractivity contribution in [2.45, 2.75) is 19.4 Å². The Balaban J connectivity index is 1.26. The van der Waals surface area contributed by atoms with Crippen LogP contribution in [-0.2, 0) is 6.42 Å². The number of aliphatic hydroxyl groups excluding tert-OH is 1. The zero-order valence-corrected chi connectivity index (χ0v) is 23.7. The van der Waals surface area contributed by atoms with Gasteiger partial charge in [0.1, 0.15) is 30.0 Å². The van der Waals surface area contributed by atoms with Crippen molar-refractivity contribution in [2.75, 3.05) is 51.3 Å². The number of benzene rings is 3. The second-order valence-corrected chi connectivity index (χ2v) is 10.5. The van der Waals surface area contributed by atoms with Crippen LogP contribution >= 0.6 is 11.6 Å². The molecule has 1 aliphatic rings. The summed E-state index contributed by atoms with van der Waals surface area (Å²) in [7, 11) is 1.63. The minimum atomic E-state index is -0.583. The molecule has 0 saturated carbocycles. The number of anilines is 1. The van der Waals surface area contributed by atoms with Crippen LogP contribution in [0.4, 0.5) is 5.82 Å². The van der Waals surface area contributed by atoms with E-state index in [0.717, 1.165) is 71.8 Å². The molecule has 0 aliphatic carbocycles. The van der Waals surface area contributed by atoms with Gasteiger partial charge in [0, 0.05) is 61.0 Å². The highest BCUT2D eigenvalue weighted by atomic mass is 35.5. The Bertz CT molecular complexity index is 1380. The summed E-state index contributed by atoms with van der Waals surface area (Å²) in [6, 6.07) is 25.5. The molecule has 0 radical (unpaired) electrons. The van der Waals surface area contributed by atoms with Crippen molar-refractivity contribution in [3.05, 3.63) is 101 Å². The monoisotopic (exact) mass is 558 g/mol. The van der Waals surface area contributed by atoms with Crippen LogP contribution in [-0.4, -0.2) is 72.5 Å². The van der Waals surface area contributed by atoms with Crippen molar-refractivity contribution in [1.82, 2.24) is 14.9 Å². The largest absolute Gasteiger partial charge is 0.497 e. The lowest BCUT2D eigenvalue weighted by molar-refractivity contribution is 0.0662. The molecule has 0 amide bonds. The number of halogens is 1. The van der Waals surface area contributed by atoms with Gasteiger partial charge in [-0.25, -0.2) is 9.97 Å². The smallest absolute Gasteiger partial charge is 0.161 e. The van der Waals surface area contributed by atoms with Gasteiger partial charge in [-0.1, -0.05) is 54.1 Å². The molecule has 0 spiro atoms. The molecule has 0 bridgehead atoms. The summed E-state index contributed by atoms with van der Waals surface area (Å²) < 4.78 is 11.0. The lowest BCUT2D eigenvalue weighted by atomic mass is 10.0. The summed E-state index contributed by atoms with van der Waals surface area (Å²) >= 11 is 6.13. The van der Waals surface area contributed by atoms with E-state index in [1.807, 2.05) is 66.7 Å². The number of aromatic nitrogens is 2. The number of hydrogen-bond donors (Lipinski definition) is 1. The number of aliphatic hydroxyl groups is 1. The summed E-state index contributed by atoms with van der Waals surface area (Å²) in [6.07, 6.45) is 0.148. The quantitative estimate of drug-likeness (QED) is 0.284. The minimum absolute atomic E-state index is 0.239. The lowest BCUT2D eigenvalue weighted by Crippen LogP contribution is -2.49. The van der Waals surface area contributed by atoms with Crippen molar-refractivity contribution < 1.29 is 14.6 Å². The normalized spacial score (nSPS) is 14.7. The van der Waals surface area contributed by atoms with Crippen molar-refractivity contribution in [3.8, 4) is 22.9 Å². The van der Waals surface area contributed by atoms with Gasteiger partial charge in [0.15, 0.2) is 5.82 Å². The van der Waals surface area contributed by atoms with E-state index in [4.69, 9.17) is 31.0 Å². The van der Waals surface area contributed by atoms with E-state index in [2.05, 4.69) is 28.9 Å². The maximum Gasteiger partial charge on any atom is 0.161 e. The highest BCUT2D eigenvalue weighted by molar-refractivity contribution is 6.30. The SMILES string of the molecule is COc1ccc(OCC(O)CN2CCN(c3nc(-c4ccccc4)nc(C)c3Cc3ccc(Cl)cc3)CC2)cc1. The van der Waals surface area contributed by atoms with Crippen LogP contribution in [0, 0.1) is 6.92 Å². The van der Waals surface area contributed by atoms with Crippen LogP contribution in [0.1, 0.15) is 16.8 Å². The number of hydrogen-bond acceptors (Lipinski definition) is 7. The van der Waals surface area contributed by atoms with E-state index in [-0.39, 0.29) is 6.61 Å². The average molecular weight is 559 g/mol. The van der Waals surface area contributed by atoms with E-state index in [1.54, 1.807) is 7.11 Å². The maximum atomic E-state index is 10.6. The average Bonchev–Trinajstić information content (AvgIpc) is 2.99. The Kier molecular flexibility index (Phi) is 9.16. The molecule has 7 nitrogen and oxygen atoms in total. The van der Waals surface area contributed by atoms with E-state index >= 15 is 0 Å².